The van der Waals surface area contributed by atoms with E-state index in [0.717, 1.165) is 24.1 Å². The highest BCUT2D eigenvalue weighted by molar-refractivity contribution is 5.96. The molecule has 116 valence electrons. The van der Waals surface area contributed by atoms with Crippen molar-refractivity contribution in [2.45, 2.75) is 65.5 Å². The summed E-state index contributed by atoms with van der Waals surface area (Å²) >= 11 is 0. The van der Waals surface area contributed by atoms with Crippen LogP contribution in [0.4, 0.5) is 5.69 Å². The van der Waals surface area contributed by atoms with Gasteiger partial charge in [0.15, 0.2) is 0 Å². The summed E-state index contributed by atoms with van der Waals surface area (Å²) in [7, 11) is 0. The molecule has 0 radical (unpaired) electrons. The van der Waals surface area contributed by atoms with Crippen LogP contribution in [0.3, 0.4) is 0 Å². The van der Waals surface area contributed by atoms with E-state index in [9.17, 15) is 4.79 Å². The van der Waals surface area contributed by atoms with Gasteiger partial charge < -0.3 is 5.32 Å². The molecule has 1 aromatic rings. The van der Waals surface area contributed by atoms with Crippen LogP contribution in [-0.2, 0) is 11.3 Å². The molecule has 0 fully saturated rings. The van der Waals surface area contributed by atoms with Gasteiger partial charge in [-0.1, -0.05) is 6.07 Å². The van der Waals surface area contributed by atoms with Crippen LogP contribution < -0.4 is 10.8 Å². The molecule has 1 aliphatic rings. The average molecular weight is 290 g/mol. The van der Waals surface area contributed by atoms with Gasteiger partial charge in [-0.3, -0.25) is 9.63 Å². The fourth-order valence-electron chi connectivity index (χ4n) is 2.50. The third-order valence-electron chi connectivity index (χ3n) is 3.73. The zero-order valence-corrected chi connectivity index (χ0v) is 13.9. The third kappa shape index (κ3) is 3.76. The van der Waals surface area contributed by atoms with Crippen LogP contribution in [0.15, 0.2) is 12.1 Å². The van der Waals surface area contributed by atoms with Crippen molar-refractivity contribution < 1.29 is 9.63 Å². The molecule has 1 amide bonds. The summed E-state index contributed by atoms with van der Waals surface area (Å²) in [5.41, 5.74) is 6.21. The first-order chi connectivity index (χ1) is 9.59. The highest BCUT2D eigenvalue weighted by Crippen LogP contribution is 2.34. The zero-order chi connectivity index (χ0) is 15.8. The maximum Gasteiger partial charge on any atom is 0.275 e. The van der Waals surface area contributed by atoms with Crippen molar-refractivity contribution in [2.75, 3.05) is 5.32 Å². The van der Waals surface area contributed by atoms with Crippen molar-refractivity contribution in [2.24, 2.45) is 0 Å². The molecule has 21 heavy (non-hydrogen) atoms. The molecular formula is C17H26N2O2. The van der Waals surface area contributed by atoms with Crippen molar-refractivity contribution in [3.8, 4) is 0 Å². The number of amides is 1. The molecule has 2 rings (SSSR count). The standard InChI is InChI=1S/C17H26N2O2/c1-11-13(15(20)19-21-16(2,3)4)8-7-12-9-10-17(5,6)18-14(11)12/h7-8,18H,9-10H2,1-6H3,(H,19,20). The average Bonchev–Trinajstić information content (AvgIpc) is 2.35. The van der Waals surface area contributed by atoms with Crippen LogP contribution in [-0.4, -0.2) is 17.0 Å². The second kappa shape index (κ2) is 5.34. The van der Waals surface area contributed by atoms with Gasteiger partial charge in [0.1, 0.15) is 0 Å². The Hall–Kier alpha value is -1.55. The Morgan fingerprint density at radius 3 is 2.62 bits per heavy atom. The Bertz CT molecular complexity index is 557. The highest BCUT2D eigenvalue weighted by Gasteiger charge is 2.27. The van der Waals surface area contributed by atoms with Crippen LogP contribution in [0, 0.1) is 6.92 Å². The van der Waals surface area contributed by atoms with E-state index in [1.165, 1.54) is 5.56 Å². The predicted octanol–water partition coefficient (Wildman–Crippen LogP) is 3.59. The Kier molecular flexibility index (Phi) is 4.02. The molecule has 1 aliphatic heterocycles. The van der Waals surface area contributed by atoms with E-state index in [4.69, 9.17) is 4.84 Å². The van der Waals surface area contributed by atoms with E-state index in [1.54, 1.807) is 0 Å². The zero-order valence-electron chi connectivity index (χ0n) is 13.9. The molecular weight excluding hydrogens is 264 g/mol. The highest BCUT2D eigenvalue weighted by atomic mass is 16.7. The molecule has 0 unspecified atom stereocenters. The van der Waals surface area contributed by atoms with Crippen LogP contribution in [0.25, 0.3) is 0 Å². The quantitative estimate of drug-likeness (QED) is 0.818. The maximum atomic E-state index is 12.3. The lowest BCUT2D eigenvalue weighted by atomic mass is 9.87. The Morgan fingerprint density at radius 2 is 2.00 bits per heavy atom. The number of anilines is 1. The summed E-state index contributed by atoms with van der Waals surface area (Å²) in [4.78, 5) is 17.7. The van der Waals surface area contributed by atoms with Gasteiger partial charge in [0.05, 0.1) is 5.60 Å². The molecule has 0 aromatic heterocycles. The topological polar surface area (TPSA) is 50.4 Å². The number of aryl methyl sites for hydroxylation is 1. The first kappa shape index (κ1) is 15.8. The Labute approximate surface area is 127 Å². The molecule has 0 atom stereocenters. The largest absolute Gasteiger partial charge is 0.380 e. The van der Waals surface area contributed by atoms with E-state index in [-0.39, 0.29) is 11.4 Å². The van der Waals surface area contributed by atoms with Gasteiger partial charge in [0.2, 0.25) is 0 Å². The van der Waals surface area contributed by atoms with Gasteiger partial charge in [-0.2, -0.15) is 0 Å². The molecule has 0 spiro atoms. The summed E-state index contributed by atoms with van der Waals surface area (Å²) in [6, 6.07) is 3.92. The summed E-state index contributed by atoms with van der Waals surface area (Å²) in [5.74, 6) is -0.199. The van der Waals surface area contributed by atoms with Crippen LogP contribution >= 0.6 is 0 Å². The second-order valence-electron chi connectivity index (χ2n) is 7.43. The van der Waals surface area contributed by atoms with Crippen molar-refractivity contribution >= 4 is 11.6 Å². The first-order valence-corrected chi connectivity index (χ1v) is 7.48. The number of rotatable bonds is 2. The summed E-state index contributed by atoms with van der Waals surface area (Å²) in [6.45, 7) is 12.1. The minimum atomic E-state index is -0.405. The fraction of sp³-hybridized carbons (Fsp3) is 0.588. The number of carbonyl (C=O) groups is 1. The van der Waals surface area contributed by atoms with Gasteiger partial charge in [-0.05, 0) is 71.6 Å². The van der Waals surface area contributed by atoms with E-state index in [1.807, 2.05) is 39.8 Å². The van der Waals surface area contributed by atoms with Gasteiger partial charge >= 0.3 is 0 Å². The molecule has 2 N–H and O–H groups in total. The minimum absolute atomic E-state index is 0.0643. The third-order valence-corrected chi connectivity index (χ3v) is 3.73. The van der Waals surface area contributed by atoms with Crippen LogP contribution in [0.2, 0.25) is 0 Å². The van der Waals surface area contributed by atoms with E-state index in [2.05, 4.69) is 24.6 Å². The van der Waals surface area contributed by atoms with E-state index >= 15 is 0 Å². The SMILES string of the molecule is Cc1c(C(=O)NOC(C)(C)C)ccc2c1NC(C)(C)CC2. The smallest absolute Gasteiger partial charge is 0.275 e. The molecule has 4 heteroatoms. The molecule has 0 aliphatic carbocycles. The summed E-state index contributed by atoms with van der Waals surface area (Å²) in [5, 5.41) is 3.55. The van der Waals surface area contributed by atoms with E-state index < -0.39 is 5.60 Å². The van der Waals surface area contributed by atoms with Crippen molar-refractivity contribution in [1.82, 2.24) is 5.48 Å². The summed E-state index contributed by atoms with van der Waals surface area (Å²) < 4.78 is 0. The number of hydrogen-bond donors (Lipinski definition) is 2. The monoisotopic (exact) mass is 290 g/mol. The number of benzene rings is 1. The fourth-order valence-corrected chi connectivity index (χ4v) is 2.50. The Morgan fingerprint density at radius 1 is 1.33 bits per heavy atom. The van der Waals surface area contributed by atoms with Gasteiger partial charge in [-0.25, -0.2) is 5.48 Å². The number of hydroxylamine groups is 1. The van der Waals surface area contributed by atoms with Crippen LogP contribution in [0.5, 0.6) is 0 Å². The predicted molar refractivity (Wildman–Crippen MR) is 85.5 cm³/mol. The van der Waals surface area contributed by atoms with Crippen molar-refractivity contribution in [3.63, 3.8) is 0 Å². The summed E-state index contributed by atoms with van der Waals surface area (Å²) in [6.07, 6.45) is 2.13. The lowest BCUT2D eigenvalue weighted by molar-refractivity contribution is -0.0589. The molecule has 1 heterocycles. The number of nitrogens with one attached hydrogen (secondary N) is 2. The van der Waals surface area contributed by atoms with Gasteiger partial charge in [-0.15, -0.1) is 0 Å². The normalized spacial score (nSPS) is 16.9. The lowest BCUT2D eigenvalue weighted by Crippen LogP contribution is -2.37. The minimum Gasteiger partial charge on any atom is -0.380 e. The molecule has 0 bridgehead atoms. The van der Waals surface area contributed by atoms with Crippen molar-refractivity contribution in [3.05, 3.63) is 28.8 Å². The van der Waals surface area contributed by atoms with Crippen LogP contribution in [0.1, 0.15) is 62.5 Å². The molecule has 4 nitrogen and oxygen atoms in total. The van der Waals surface area contributed by atoms with Gasteiger partial charge in [0.25, 0.3) is 5.91 Å². The number of carbonyl (C=O) groups excluding carboxylic acids is 1. The lowest BCUT2D eigenvalue weighted by Gasteiger charge is -2.35. The first-order valence-electron chi connectivity index (χ1n) is 7.48. The Balaban J connectivity index is 2.25. The molecule has 1 aromatic carbocycles. The maximum absolute atomic E-state index is 12.3. The number of fused-ring (bicyclic) bond motifs is 1. The van der Waals surface area contributed by atoms with Crippen molar-refractivity contribution in [1.29, 1.82) is 0 Å². The van der Waals surface area contributed by atoms with E-state index in [0.29, 0.717) is 5.56 Å². The molecule has 0 saturated carbocycles. The second-order valence-corrected chi connectivity index (χ2v) is 7.43. The number of hydrogen-bond acceptors (Lipinski definition) is 3. The molecule has 0 saturated heterocycles. The van der Waals surface area contributed by atoms with Gasteiger partial charge in [0, 0.05) is 16.8 Å².